The molecule has 58 heavy (non-hydrogen) atoms. The van der Waals surface area contributed by atoms with Gasteiger partial charge in [0.1, 0.15) is 0 Å². The molecule has 0 amide bonds. The van der Waals surface area contributed by atoms with Gasteiger partial charge in [-0.25, -0.2) is 9.97 Å². The van der Waals surface area contributed by atoms with Crippen molar-refractivity contribution < 1.29 is 0 Å². The highest BCUT2D eigenvalue weighted by molar-refractivity contribution is 6.19. The number of rotatable bonds is 3. The highest BCUT2D eigenvalue weighted by Crippen LogP contribution is 2.40. The van der Waals surface area contributed by atoms with Gasteiger partial charge in [0.25, 0.3) is 0 Å². The van der Waals surface area contributed by atoms with Crippen LogP contribution in [0, 0.1) is 0 Å². The van der Waals surface area contributed by atoms with Gasteiger partial charge >= 0.3 is 0 Å². The van der Waals surface area contributed by atoms with E-state index in [9.17, 15) is 0 Å². The van der Waals surface area contributed by atoms with Gasteiger partial charge in [-0.1, -0.05) is 146 Å². The number of hydrogen-bond acceptors (Lipinski definition) is 2. The van der Waals surface area contributed by atoms with Gasteiger partial charge in [-0.3, -0.25) is 4.57 Å². The minimum absolute atomic E-state index is 0.655. The summed E-state index contributed by atoms with van der Waals surface area (Å²) >= 11 is 0. The first-order valence-electron chi connectivity index (χ1n) is 19.8. The molecule has 0 saturated heterocycles. The Bertz CT molecular complexity index is 3870. The molecule has 0 spiro atoms. The molecule has 4 nitrogen and oxygen atoms in total. The second-order valence-corrected chi connectivity index (χ2v) is 15.4. The van der Waals surface area contributed by atoms with Crippen molar-refractivity contribution in [3.63, 3.8) is 0 Å². The van der Waals surface area contributed by atoms with Gasteiger partial charge < -0.3 is 4.57 Å². The maximum absolute atomic E-state index is 5.48. The van der Waals surface area contributed by atoms with Crippen LogP contribution in [0.5, 0.6) is 0 Å². The standard InChI is InChI=1S/C54H32N4/c1-3-13-40-33(11-1)21-22-35-23-24-37(31-46(35)40)52-45-17-5-8-18-48(45)55-54(56-52)58-50-20-10-7-16-43(50)47-30-36-25-27-39(29-38(36)32-51(47)58)57-49-19-9-6-15-42(49)44-28-26-34-12-2-4-14-41(34)53(44)57/h1-32H. The number of fused-ring (bicyclic) bond motifs is 13. The average molecular weight is 737 g/mol. The molecule has 0 N–H and O–H groups in total. The molecule has 4 heteroatoms. The molecule has 0 radical (unpaired) electrons. The van der Waals surface area contributed by atoms with E-state index in [1.165, 1.54) is 70.3 Å². The Morgan fingerprint density at radius 1 is 0.310 bits per heavy atom. The molecule has 0 aliphatic carbocycles. The molecule has 0 saturated carbocycles. The monoisotopic (exact) mass is 736 g/mol. The Kier molecular flexibility index (Phi) is 6.41. The van der Waals surface area contributed by atoms with Crippen LogP contribution in [0.3, 0.4) is 0 Å². The number of hydrogen-bond donors (Lipinski definition) is 0. The highest BCUT2D eigenvalue weighted by Gasteiger charge is 2.20. The second kappa shape index (κ2) is 11.8. The van der Waals surface area contributed by atoms with Crippen LogP contribution in [0.4, 0.5) is 0 Å². The molecule has 3 heterocycles. The Morgan fingerprint density at radius 3 is 1.74 bits per heavy atom. The van der Waals surface area contributed by atoms with Crippen molar-refractivity contribution in [1.29, 1.82) is 0 Å². The molecule has 0 aliphatic heterocycles. The third kappa shape index (κ3) is 4.45. The fourth-order valence-electron chi connectivity index (χ4n) is 9.59. The van der Waals surface area contributed by atoms with Crippen LogP contribution >= 0.6 is 0 Å². The van der Waals surface area contributed by atoms with Crippen molar-refractivity contribution in [2.45, 2.75) is 0 Å². The molecule has 0 fully saturated rings. The molecular weight excluding hydrogens is 705 g/mol. The Hall–Kier alpha value is -7.82. The molecule has 268 valence electrons. The zero-order chi connectivity index (χ0) is 37.9. The lowest BCUT2D eigenvalue weighted by atomic mass is 9.98. The first-order chi connectivity index (χ1) is 28.7. The van der Waals surface area contributed by atoms with E-state index in [-0.39, 0.29) is 0 Å². The highest BCUT2D eigenvalue weighted by atomic mass is 15.2. The van der Waals surface area contributed by atoms with Crippen LogP contribution in [-0.4, -0.2) is 19.1 Å². The van der Waals surface area contributed by atoms with E-state index in [2.05, 4.69) is 203 Å². The Morgan fingerprint density at radius 2 is 0.914 bits per heavy atom. The van der Waals surface area contributed by atoms with Crippen LogP contribution in [0.1, 0.15) is 0 Å². The summed E-state index contributed by atoms with van der Waals surface area (Å²) in [5.74, 6) is 0.655. The fraction of sp³-hybridized carbons (Fsp3) is 0. The van der Waals surface area contributed by atoms with Crippen LogP contribution in [0.15, 0.2) is 194 Å². The predicted molar refractivity (Wildman–Crippen MR) is 244 cm³/mol. The summed E-state index contributed by atoms with van der Waals surface area (Å²) in [5.41, 5.74) is 8.60. The normalized spacial score (nSPS) is 12.1. The number of para-hydroxylation sites is 3. The average Bonchev–Trinajstić information content (AvgIpc) is 3.80. The van der Waals surface area contributed by atoms with Crippen molar-refractivity contribution in [3.05, 3.63) is 194 Å². The molecular formula is C54H32N4. The fourth-order valence-corrected chi connectivity index (χ4v) is 9.59. The largest absolute Gasteiger partial charge is 0.309 e. The lowest BCUT2D eigenvalue weighted by molar-refractivity contribution is 1.01. The minimum Gasteiger partial charge on any atom is -0.309 e. The molecule has 0 bridgehead atoms. The van der Waals surface area contributed by atoms with Crippen LogP contribution in [-0.2, 0) is 0 Å². The maximum atomic E-state index is 5.48. The van der Waals surface area contributed by atoms with E-state index in [0.29, 0.717) is 5.95 Å². The summed E-state index contributed by atoms with van der Waals surface area (Å²) < 4.78 is 4.70. The summed E-state index contributed by atoms with van der Waals surface area (Å²) in [4.78, 5) is 10.8. The number of benzene rings is 10. The van der Waals surface area contributed by atoms with Gasteiger partial charge in [0, 0.05) is 43.6 Å². The topological polar surface area (TPSA) is 35.6 Å². The first-order valence-corrected chi connectivity index (χ1v) is 19.8. The molecule has 13 rings (SSSR count). The van der Waals surface area contributed by atoms with Gasteiger partial charge in [-0.05, 0) is 86.2 Å². The molecule has 0 aliphatic rings. The van der Waals surface area contributed by atoms with Crippen molar-refractivity contribution in [1.82, 2.24) is 19.1 Å². The van der Waals surface area contributed by atoms with Crippen molar-refractivity contribution in [2.75, 3.05) is 0 Å². The first kappa shape index (κ1) is 31.4. The van der Waals surface area contributed by atoms with Gasteiger partial charge in [0.15, 0.2) is 0 Å². The van der Waals surface area contributed by atoms with E-state index in [0.717, 1.165) is 44.3 Å². The van der Waals surface area contributed by atoms with Gasteiger partial charge in [-0.15, -0.1) is 0 Å². The number of nitrogens with zero attached hydrogens (tertiary/aromatic N) is 4. The minimum atomic E-state index is 0.655. The van der Waals surface area contributed by atoms with E-state index in [1.807, 2.05) is 0 Å². The summed E-state index contributed by atoms with van der Waals surface area (Å²) in [6.07, 6.45) is 0. The van der Waals surface area contributed by atoms with E-state index in [1.54, 1.807) is 0 Å². The van der Waals surface area contributed by atoms with Crippen molar-refractivity contribution in [3.8, 4) is 22.9 Å². The zero-order valence-corrected chi connectivity index (χ0v) is 31.3. The summed E-state index contributed by atoms with van der Waals surface area (Å²) in [6, 6.07) is 70.3. The molecule has 13 aromatic rings. The smallest absolute Gasteiger partial charge is 0.235 e. The summed E-state index contributed by atoms with van der Waals surface area (Å²) in [6.45, 7) is 0. The molecule has 10 aromatic carbocycles. The van der Waals surface area contributed by atoms with Gasteiger partial charge in [-0.2, -0.15) is 0 Å². The van der Waals surface area contributed by atoms with Gasteiger partial charge in [0.05, 0.1) is 33.3 Å². The second-order valence-electron chi connectivity index (χ2n) is 15.4. The van der Waals surface area contributed by atoms with Crippen molar-refractivity contribution in [2.24, 2.45) is 0 Å². The predicted octanol–water partition coefficient (Wildman–Crippen LogP) is 14.1. The van der Waals surface area contributed by atoms with E-state index >= 15 is 0 Å². The van der Waals surface area contributed by atoms with Gasteiger partial charge in [0.2, 0.25) is 5.95 Å². The summed E-state index contributed by atoms with van der Waals surface area (Å²) in [5, 5.41) is 15.6. The number of aromatic nitrogens is 4. The lowest BCUT2D eigenvalue weighted by Crippen LogP contribution is -2.03. The third-order valence-corrected chi connectivity index (χ3v) is 12.2. The van der Waals surface area contributed by atoms with Crippen LogP contribution in [0.25, 0.3) is 120 Å². The van der Waals surface area contributed by atoms with Crippen LogP contribution in [0.2, 0.25) is 0 Å². The zero-order valence-electron chi connectivity index (χ0n) is 31.3. The Labute approximate surface area is 332 Å². The van der Waals surface area contributed by atoms with Crippen LogP contribution < -0.4 is 0 Å². The third-order valence-electron chi connectivity index (χ3n) is 12.2. The molecule has 0 atom stereocenters. The quantitative estimate of drug-likeness (QED) is 0.169. The van der Waals surface area contributed by atoms with E-state index in [4.69, 9.17) is 9.97 Å². The maximum Gasteiger partial charge on any atom is 0.235 e. The SMILES string of the molecule is c1ccc2c(c1)ccc1ccc(-c3nc(-n4c5ccccc5c5cc6ccc(-n7c8ccccc8c8ccc9ccccc9c87)cc6cc54)nc4ccccc34)cc12. The lowest BCUT2D eigenvalue weighted by Gasteiger charge is -2.13. The van der Waals surface area contributed by atoms with E-state index < -0.39 is 0 Å². The molecule has 0 unspecified atom stereocenters. The molecule has 3 aromatic heterocycles. The van der Waals surface area contributed by atoms with Crippen molar-refractivity contribution >= 4 is 97.6 Å². The Balaban J connectivity index is 1.07. The summed E-state index contributed by atoms with van der Waals surface area (Å²) in [7, 11) is 0.